The van der Waals surface area contributed by atoms with Crippen LogP contribution in [0.5, 0.6) is 0 Å². The van der Waals surface area contributed by atoms with Crippen molar-refractivity contribution in [2.45, 2.75) is 12.8 Å². The maximum atomic E-state index is 11.3. The van der Waals surface area contributed by atoms with Gasteiger partial charge in [0.05, 0.1) is 12.5 Å². The molecule has 0 amide bonds. The standard InChI is InChI=1S/C11H12O5/c1-8(4-5-12)9-2-3-10(16-9)11(14)15-7-6-13/h2-3,8,12-13H,6-7H2,1H3. The van der Waals surface area contributed by atoms with Crippen molar-refractivity contribution in [1.82, 2.24) is 0 Å². The van der Waals surface area contributed by atoms with E-state index in [4.69, 9.17) is 14.6 Å². The van der Waals surface area contributed by atoms with E-state index in [0.29, 0.717) is 5.76 Å². The predicted octanol–water partition coefficient (Wildman–Crippen LogP) is 0.866. The molecular weight excluding hydrogens is 212 g/mol. The maximum Gasteiger partial charge on any atom is 0.374 e. The van der Waals surface area contributed by atoms with E-state index >= 15 is 0 Å². The summed E-state index contributed by atoms with van der Waals surface area (Å²) in [7, 11) is 0. The number of rotatable bonds is 4. The first-order valence-corrected chi connectivity index (χ1v) is 4.71. The maximum absolute atomic E-state index is 11.3. The van der Waals surface area contributed by atoms with Gasteiger partial charge in [0.2, 0.25) is 5.76 Å². The van der Waals surface area contributed by atoms with Gasteiger partial charge in [-0.2, -0.15) is 0 Å². The number of aliphatic hydroxyl groups excluding tert-OH is 2. The van der Waals surface area contributed by atoms with Crippen LogP contribution in [-0.4, -0.2) is 29.4 Å². The topological polar surface area (TPSA) is 79.9 Å². The Bertz CT molecular complexity index is 409. The molecule has 0 saturated heterocycles. The van der Waals surface area contributed by atoms with Gasteiger partial charge in [-0.25, -0.2) is 4.79 Å². The number of hydrogen-bond acceptors (Lipinski definition) is 5. The van der Waals surface area contributed by atoms with Crippen LogP contribution in [0.3, 0.4) is 0 Å². The molecule has 1 unspecified atom stereocenters. The van der Waals surface area contributed by atoms with Crippen LogP contribution in [0.25, 0.3) is 0 Å². The summed E-state index contributed by atoms with van der Waals surface area (Å²) in [6.45, 7) is 1.43. The zero-order chi connectivity index (χ0) is 12.0. The molecule has 0 radical (unpaired) electrons. The minimum Gasteiger partial charge on any atom is -0.462 e. The zero-order valence-electron chi connectivity index (χ0n) is 8.77. The minimum atomic E-state index is -0.635. The summed E-state index contributed by atoms with van der Waals surface area (Å²) in [6.07, 6.45) is 1.78. The van der Waals surface area contributed by atoms with E-state index in [2.05, 4.69) is 10.7 Å². The number of carbonyl (C=O) groups is 1. The molecule has 0 spiro atoms. The van der Waals surface area contributed by atoms with E-state index < -0.39 is 5.97 Å². The van der Waals surface area contributed by atoms with Crippen molar-refractivity contribution in [3.05, 3.63) is 23.7 Å². The molecule has 0 aliphatic rings. The second kappa shape index (κ2) is 5.83. The molecule has 0 fully saturated rings. The fourth-order valence-corrected chi connectivity index (χ4v) is 1.07. The van der Waals surface area contributed by atoms with Crippen LogP contribution in [0.4, 0.5) is 0 Å². The molecule has 16 heavy (non-hydrogen) atoms. The van der Waals surface area contributed by atoms with Crippen LogP contribution in [0.1, 0.15) is 29.2 Å². The lowest BCUT2D eigenvalue weighted by Gasteiger charge is -2.00. The molecule has 1 aromatic rings. The van der Waals surface area contributed by atoms with Crippen molar-refractivity contribution in [1.29, 1.82) is 0 Å². The van der Waals surface area contributed by atoms with Crippen molar-refractivity contribution >= 4 is 5.97 Å². The Morgan fingerprint density at radius 1 is 1.62 bits per heavy atom. The van der Waals surface area contributed by atoms with Gasteiger partial charge in [0.15, 0.2) is 0 Å². The lowest BCUT2D eigenvalue weighted by atomic mass is 10.1. The van der Waals surface area contributed by atoms with Gasteiger partial charge in [-0.05, 0) is 25.0 Å². The molecular formula is C11H12O5. The molecule has 2 N–H and O–H groups in total. The average molecular weight is 224 g/mol. The number of furan rings is 1. The summed E-state index contributed by atoms with van der Waals surface area (Å²) in [5.74, 6) is 2.06. The summed E-state index contributed by atoms with van der Waals surface area (Å²) in [4.78, 5) is 11.3. The van der Waals surface area contributed by atoms with Gasteiger partial charge >= 0.3 is 5.97 Å². The fourth-order valence-electron chi connectivity index (χ4n) is 1.07. The first-order chi connectivity index (χ1) is 7.69. The van der Waals surface area contributed by atoms with Gasteiger partial charge in [0, 0.05) is 0 Å². The number of ether oxygens (including phenoxy) is 1. The molecule has 0 aromatic carbocycles. The van der Waals surface area contributed by atoms with Gasteiger partial charge in [0.25, 0.3) is 0 Å². The number of carbonyl (C=O) groups excluding carboxylic acids is 1. The van der Waals surface area contributed by atoms with E-state index in [9.17, 15) is 4.79 Å². The molecule has 5 nitrogen and oxygen atoms in total. The van der Waals surface area contributed by atoms with Crippen molar-refractivity contribution in [3.8, 4) is 12.0 Å². The molecule has 1 atom stereocenters. The van der Waals surface area contributed by atoms with Crippen LogP contribution in [0, 0.1) is 12.0 Å². The molecule has 86 valence electrons. The van der Waals surface area contributed by atoms with Gasteiger partial charge < -0.3 is 19.4 Å². The average Bonchev–Trinajstić information content (AvgIpc) is 2.75. The molecule has 0 aliphatic carbocycles. The first kappa shape index (κ1) is 12.1. The monoisotopic (exact) mass is 224 g/mol. The highest BCUT2D eigenvalue weighted by molar-refractivity contribution is 5.86. The third kappa shape index (κ3) is 3.04. The zero-order valence-corrected chi connectivity index (χ0v) is 8.77. The van der Waals surface area contributed by atoms with Gasteiger partial charge in [-0.1, -0.05) is 0 Å². The Morgan fingerprint density at radius 3 is 3.00 bits per heavy atom. The first-order valence-electron chi connectivity index (χ1n) is 4.71. The molecule has 1 aromatic heterocycles. The molecule has 1 heterocycles. The Balaban J connectivity index is 2.69. The van der Waals surface area contributed by atoms with Crippen LogP contribution >= 0.6 is 0 Å². The minimum absolute atomic E-state index is 0.0510. The van der Waals surface area contributed by atoms with Crippen LogP contribution in [0.2, 0.25) is 0 Å². The summed E-state index contributed by atoms with van der Waals surface area (Å²) in [5.41, 5.74) is 0. The molecule has 0 bridgehead atoms. The van der Waals surface area contributed by atoms with E-state index in [-0.39, 0.29) is 24.9 Å². The second-order valence-electron chi connectivity index (χ2n) is 3.04. The Kier molecular flexibility index (Phi) is 4.42. The Labute approximate surface area is 92.6 Å². The fraction of sp³-hybridized carbons (Fsp3) is 0.364. The largest absolute Gasteiger partial charge is 0.462 e. The lowest BCUT2D eigenvalue weighted by Crippen LogP contribution is -2.07. The summed E-state index contributed by atoms with van der Waals surface area (Å²) >= 11 is 0. The van der Waals surface area contributed by atoms with Gasteiger partial charge in [0.1, 0.15) is 18.5 Å². The van der Waals surface area contributed by atoms with Crippen molar-refractivity contribution in [2.24, 2.45) is 0 Å². The third-order valence-electron chi connectivity index (χ3n) is 1.86. The second-order valence-corrected chi connectivity index (χ2v) is 3.04. The Morgan fingerprint density at radius 2 is 2.38 bits per heavy atom. The molecule has 1 rings (SSSR count). The number of hydrogen-bond donors (Lipinski definition) is 2. The molecule has 5 heteroatoms. The normalized spacial score (nSPS) is 11.4. The van der Waals surface area contributed by atoms with Crippen molar-refractivity contribution in [3.63, 3.8) is 0 Å². The van der Waals surface area contributed by atoms with Crippen molar-refractivity contribution in [2.75, 3.05) is 13.2 Å². The highest BCUT2D eigenvalue weighted by Crippen LogP contribution is 2.18. The van der Waals surface area contributed by atoms with Crippen LogP contribution in [0.15, 0.2) is 16.5 Å². The summed E-state index contributed by atoms with van der Waals surface area (Å²) in [5, 5.41) is 16.9. The van der Waals surface area contributed by atoms with E-state index in [1.54, 1.807) is 19.1 Å². The van der Waals surface area contributed by atoms with E-state index in [1.165, 1.54) is 6.07 Å². The molecule has 0 saturated carbocycles. The van der Waals surface area contributed by atoms with E-state index in [1.807, 2.05) is 0 Å². The highest BCUT2D eigenvalue weighted by Gasteiger charge is 2.14. The van der Waals surface area contributed by atoms with Crippen LogP contribution < -0.4 is 0 Å². The lowest BCUT2D eigenvalue weighted by molar-refractivity contribution is 0.0397. The van der Waals surface area contributed by atoms with E-state index in [0.717, 1.165) is 0 Å². The number of aliphatic hydroxyl groups is 2. The number of esters is 1. The highest BCUT2D eigenvalue weighted by atomic mass is 16.6. The smallest absolute Gasteiger partial charge is 0.374 e. The van der Waals surface area contributed by atoms with Crippen LogP contribution in [-0.2, 0) is 4.74 Å². The third-order valence-corrected chi connectivity index (χ3v) is 1.86. The quantitative estimate of drug-likeness (QED) is 0.585. The summed E-state index contributed by atoms with van der Waals surface area (Å²) < 4.78 is 9.85. The Hall–Kier alpha value is -1.93. The molecule has 0 aliphatic heterocycles. The van der Waals surface area contributed by atoms with Crippen molar-refractivity contribution < 1.29 is 24.2 Å². The van der Waals surface area contributed by atoms with Gasteiger partial charge in [-0.15, -0.1) is 0 Å². The predicted molar refractivity (Wildman–Crippen MR) is 54.2 cm³/mol. The van der Waals surface area contributed by atoms with Gasteiger partial charge in [-0.3, -0.25) is 0 Å². The SMILES string of the molecule is CC(C#CO)c1ccc(C(=O)OCCO)o1. The summed E-state index contributed by atoms with van der Waals surface area (Å²) in [6, 6.07) is 3.05.